The van der Waals surface area contributed by atoms with Crippen LogP contribution in [0.15, 0.2) is 70.7 Å². The van der Waals surface area contributed by atoms with E-state index in [4.69, 9.17) is 4.74 Å². The zero-order valence-electron chi connectivity index (χ0n) is 13.8. The summed E-state index contributed by atoms with van der Waals surface area (Å²) in [5.74, 6) is -0.0358. The minimum Gasteiger partial charge on any atom is -0.478 e. The van der Waals surface area contributed by atoms with Gasteiger partial charge in [-0.05, 0) is 12.1 Å². The van der Waals surface area contributed by atoms with Crippen LogP contribution in [0.1, 0.15) is 0 Å². The summed E-state index contributed by atoms with van der Waals surface area (Å²) < 4.78 is 40.4. The third kappa shape index (κ3) is 3.41. The summed E-state index contributed by atoms with van der Waals surface area (Å²) in [4.78, 5) is 4.09. The summed E-state index contributed by atoms with van der Waals surface area (Å²) in [6.07, 6.45) is 0. The summed E-state index contributed by atoms with van der Waals surface area (Å²) in [7, 11) is -5.01. The zero-order chi connectivity index (χ0) is 18.0. The molecule has 1 aliphatic heterocycles. The Morgan fingerprint density at radius 2 is 1.65 bits per heavy atom. The predicted molar refractivity (Wildman–Crippen MR) is 102 cm³/mol. The van der Waals surface area contributed by atoms with Crippen molar-refractivity contribution in [2.45, 2.75) is 5.03 Å². The first kappa shape index (κ1) is 16.9. The summed E-state index contributed by atoms with van der Waals surface area (Å²) in [6.45, 7) is 0.918. The van der Waals surface area contributed by atoms with Crippen molar-refractivity contribution in [3.05, 3.63) is 60.7 Å². The topological polar surface area (TPSA) is 81.5 Å². The van der Waals surface area contributed by atoms with Gasteiger partial charge in [0.15, 0.2) is 10.9 Å². The highest BCUT2D eigenvalue weighted by atomic mass is 32.2. The molecule has 1 aromatic heterocycles. The van der Waals surface area contributed by atoms with Gasteiger partial charge in [0.2, 0.25) is 9.84 Å². The van der Waals surface area contributed by atoms with E-state index in [1.54, 1.807) is 0 Å². The Hall–Kier alpha value is -2.50. The first-order valence-corrected chi connectivity index (χ1v) is 11.0. The first-order chi connectivity index (χ1) is 12.6. The molecule has 2 aromatic carbocycles. The van der Waals surface area contributed by atoms with Crippen molar-refractivity contribution in [1.29, 1.82) is 0 Å². The van der Waals surface area contributed by atoms with Gasteiger partial charge >= 0.3 is 0 Å². The van der Waals surface area contributed by atoms with Crippen LogP contribution in [0.4, 0.5) is 0 Å². The van der Waals surface area contributed by atoms with E-state index in [1.807, 2.05) is 60.7 Å². The molecule has 0 N–H and O–H groups in total. The second-order valence-corrected chi connectivity index (χ2v) is 9.13. The van der Waals surface area contributed by atoms with Crippen LogP contribution in [0, 0.1) is 0 Å². The Morgan fingerprint density at radius 3 is 2.31 bits per heavy atom. The van der Waals surface area contributed by atoms with Gasteiger partial charge in [0.05, 0.1) is 6.54 Å². The van der Waals surface area contributed by atoms with Crippen LogP contribution in [0.3, 0.4) is 0 Å². The fourth-order valence-corrected chi connectivity index (χ4v) is 5.93. The highest BCUT2D eigenvalue weighted by molar-refractivity contribution is 7.92. The number of benzene rings is 2. The Balaban J connectivity index is 1.83. The van der Waals surface area contributed by atoms with Crippen LogP contribution in [0.2, 0.25) is 0 Å². The number of hydrogen-bond donors (Lipinski definition) is 0. The third-order valence-corrected chi connectivity index (χ3v) is 7.05. The van der Waals surface area contributed by atoms with Crippen molar-refractivity contribution in [3.63, 3.8) is 0 Å². The molecule has 2 heterocycles. The molecule has 0 radical (unpaired) electrons. The Bertz CT molecular complexity index is 1050. The van der Waals surface area contributed by atoms with Crippen molar-refractivity contribution in [2.24, 2.45) is 4.99 Å². The van der Waals surface area contributed by atoms with Gasteiger partial charge in [-0.25, -0.2) is 13.2 Å². The molecule has 8 heteroatoms. The van der Waals surface area contributed by atoms with Gasteiger partial charge in [0.1, 0.15) is 25.9 Å². The zero-order valence-corrected chi connectivity index (χ0v) is 15.5. The van der Waals surface area contributed by atoms with Gasteiger partial charge in [0, 0.05) is 10.9 Å². The van der Waals surface area contributed by atoms with Crippen LogP contribution < -0.4 is 0 Å². The molecule has 3 aromatic rings. The van der Waals surface area contributed by atoms with Gasteiger partial charge < -0.3 is 4.74 Å². The molecule has 1 unspecified atom stereocenters. The molecule has 6 nitrogen and oxygen atoms in total. The summed E-state index contributed by atoms with van der Waals surface area (Å²) >= 11 is 0. The van der Waals surface area contributed by atoms with Gasteiger partial charge in [-0.1, -0.05) is 48.5 Å². The molecule has 0 amide bonds. The smallest absolute Gasteiger partial charge is 0.207 e. The lowest BCUT2D eigenvalue weighted by atomic mass is 10.2. The molecule has 1 atom stereocenters. The molecule has 132 valence electrons. The number of sulfone groups is 1. The highest BCUT2D eigenvalue weighted by Crippen LogP contribution is 2.40. The molecule has 4 rings (SSSR count). The fourth-order valence-electron chi connectivity index (χ4n) is 2.65. The number of ether oxygens (including phenoxy) is 1. The van der Waals surface area contributed by atoms with Crippen LogP contribution in [-0.4, -0.2) is 42.7 Å². The van der Waals surface area contributed by atoms with Crippen molar-refractivity contribution in [3.8, 4) is 16.6 Å². The van der Waals surface area contributed by atoms with Gasteiger partial charge in [-0.15, -0.1) is 0 Å². The number of aliphatic imine (C=N–C) groups is 1. The summed E-state index contributed by atoms with van der Waals surface area (Å²) in [5, 5.41) is 0.937. The van der Waals surface area contributed by atoms with E-state index in [2.05, 4.69) is 14.5 Å². The first-order valence-electron chi connectivity index (χ1n) is 8.10. The van der Waals surface area contributed by atoms with E-state index < -0.39 is 17.7 Å². The monoisotopic (exact) mass is 385 g/mol. The fraction of sp³-hybridized carbons (Fsp3) is 0.167. The molecule has 0 saturated carbocycles. The minimum absolute atomic E-state index is 0.0249. The normalized spacial score (nSPS) is 14.8. The average Bonchev–Trinajstić information content (AvgIpc) is 3.33. The lowest BCUT2D eigenvalue weighted by Crippen LogP contribution is -2.17. The lowest BCUT2D eigenvalue weighted by Gasteiger charge is -2.04. The van der Waals surface area contributed by atoms with Gasteiger partial charge in [-0.3, -0.25) is 4.99 Å². The van der Waals surface area contributed by atoms with Crippen molar-refractivity contribution < 1.29 is 13.2 Å². The number of aromatic nitrogens is 2. The molecule has 0 saturated heterocycles. The Morgan fingerprint density at radius 1 is 0.962 bits per heavy atom. The van der Waals surface area contributed by atoms with E-state index in [1.165, 1.54) is 0 Å². The summed E-state index contributed by atoms with van der Waals surface area (Å²) in [5.41, 5.74) is 1.16. The Kier molecular flexibility index (Phi) is 4.57. The van der Waals surface area contributed by atoms with Crippen LogP contribution in [-0.2, 0) is 14.6 Å². The minimum atomic E-state index is -3.70. The van der Waals surface area contributed by atoms with Crippen LogP contribution >= 0.6 is 7.85 Å². The van der Waals surface area contributed by atoms with Crippen molar-refractivity contribution in [1.82, 2.24) is 9.49 Å². The molecular formula is C18H16N3O3PS. The second-order valence-electron chi connectivity index (χ2n) is 5.73. The lowest BCUT2D eigenvalue weighted by molar-refractivity contribution is 0.345. The van der Waals surface area contributed by atoms with Gasteiger partial charge in [-0.2, -0.15) is 4.75 Å². The largest absolute Gasteiger partial charge is 0.478 e. The molecule has 0 spiro atoms. The molecule has 26 heavy (non-hydrogen) atoms. The van der Waals surface area contributed by atoms with E-state index in [9.17, 15) is 8.42 Å². The Labute approximate surface area is 152 Å². The van der Waals surface area contributed by atoms with E-state index in [0.29, 0.717) is 18.8 Å². The van der Waals surface area contributed by atoms with Crippen molar-refractivity contribution in [2.75, 3.05) is 18.9 Å². The molecule has 0 bridgehead atoms. The van der Waals surface area contributed by atoms with E-state index in [-0.39, 0.29) is 16.7 Å². The highest BCUT2D eigenvalue weighted by Gasteiger charge is 2.29. The maximum absolute atomic E-state index is 13.0. The maximum atomic E-state index is 13.0. The van der Waals surface area contributed by atoms with E-state index >= 15 is 0 Å². The number of nitrogens with zero attached hydrogens (tertiary/aromatic N) is 3. The molecular weight excluding hydrogens is 369 g/mol. The maximum Gasteiger partial charge on any atom is 0.207 e. The van der Waals surface area contributed by atoms with Crippen LogP contribution in [0.25, 0.3) is 16.6 Å². The quantitative estimate of drug-likeness (QED) is 0.673. The molecule has 0 fully saturated rings. The van der Waals surface area contributed by atoms with Crippen LogP contribution in [0.5, 0.6) is 0 Å². The van der Waals surface area contributed by atoms with E-state index in [0.717, 1.165) is 10.9 Å². The molecule has 1 aliphatic rings. The third-order valence-electron chi connectivity index (χ3n) is 3.87. The standard InChI is InChI=1S/C18H16N3O3PS/c22-26(23,13-16-19-11-12-24-16)18-17(14-7-3-1-4-8-14)20-25(21-18)15-9-5-2-6-10-15/h1-10H,11-13H2. The SMILES string of the molecule is O=S(=O)(CC1=NCCO1)c1np(-c2ccccc2)nc1-c1ccccc1. The van der Waals surface area contributed by atoms with Crippen molar-refractivity contribution >= 4 is 23.6 Å². The molecule has 0 aliphatic carbocycles. The number of hydrogen-bond acceptors (Lipinski definition) is 6. The van der Waals surface area contributed by atoms with Gasteiger partial charge in [0.25, 0.3) is 0 Å². The second kappa shape index (κ2) is 7.02. The predicted octanol–water partition coefficient (Wildman–Crippen LogP) is 3.32. The summed E-state index contributed by atoms with van der Waals surface area (Å²) in [6, 6.07) is 18.8. The number of rotatable bonds is 5. The average molecular weight is 385 g/mol.